The first kappa shape index (κ1) is 32.5. The number of hydrogen-bond acceptors (Lipinski definition) is 4. The van der Waals surface area contributed by atoms with Gasteiger partial charge in [-0.15, -0.1) is 0 Å². The summed E-state index contributed by atoms with van der Waals surface area (Å²) in [6.45, 7) is 4.53. The van der Waals surface area contributed by atoms with Gasteiger partial charge in [0.1, 0.15) is 17.1 Å². The maximum atomic E-state index is 10.6. The summed E-state index contributed by atoms with van der Waals surface area (Å²) in [5, 5.41) is 26.3. The molecule has 0 saturated carbocycles. The molecule has 0 aliphatic carbocycles. The van der Waals surface area contributed by atoms with Crippen LogP contribution < -0.4 is 4.74 Å². The van der Waals surface area contributed by atoms with Gasteiger partial charge in [0.15, 0.2) is 0 Å². The van der Waals surface area contributed by atoms with Crippen LogP contribution in [0.3, 0.4) is 0 Å². The number of carboxylic acid groups (broad SMARTS) is 2. The molecule has 0 aliphatic rings. The van der Waals surface area contributed by atoms with Crippen molar-refractivity contribution in [3.63, 3.8) is 0 Å². The van der Waals surface area contributed by atoms with Crippen molar-refractivity contribution >= 4 is 11.9 Å². The number of benzene rings is 1. The molecule has 0 spiro atoms. The molecule has 0 radical (unpaired) electrons. The maximum Gasteiger partial charge on any atom is 0.339 e. The summed E-state index contributed by atoms with van der Waals surface area (Å²) in [5.74, 6) is -1.64. The predicted molar refractivity (Wildman–Crippen MR) is 143 cm³/mol. The molecule has 0 bridgehead atoms. The van der Waals surface area contributed by atoms with E-state index in [-0.39, 0.29) is 11.3 Å². The molecule has 200 valence electrons. The highest BCUT2D eigenvalue weighted by atomic mass is 16.5. The summed E-state index contributed by atoms with van der Waals surface area (Å²) in [5.41, 5.74) is -0.147. The molecule has 1 rings (SSSR count). The minimum absolute atomic E-state index is 0.147. The third-order valence-corrected chi connectivity index (χ3v) is 5.66. The second-order valence-corrected chi connectivity index (χ2v) is 8.85. The van der Waals surface area contributed by atoms with E-state index in [4.69, 9.17) is 20.1 Å². The molecule has 3 N–H and O–H groups in total. The zero-order chi connectivity index (χ0) is 26.2. The smallest absolute Gasteiger partial charge is 0.339 e. The predicted octanol–water partition coefficient (Wildman–Crippen LogP) is 8.38. The first-order valence-corrected chi connectivity index (χ1v) is 13.5. The second-order valence-electron chi connectivity index (χ2n) is 8.85. The molecule has 0 atom stereocenters. The van der Waals surface area contributed by atoms with Crippen LogP contribution in [-0.2, 0) is 4.79 Å². The molecule has 0 saturated heterocycles. The number of unbranched alkanes of at least 4 members (excludes halogenated alkanes) is 13. The Morgan fingerprint density at radius 1 is 0.771 bits per heavy atom. The number of phenols is 1. The van der Waals surface area contributed by atoms with E-state index < -0.39 is 11.9 Å². The number of ether oxygens (including phenoxy) is 1. The van der Waals surface area contributed by atoms with Crippen molar-refractivity contribution < 1.29 is 29.6 Å². The Hall–Kier alpha value is -2.50. The number of aliphatic carboxylic acids is 1. The van der Waals surface area contributed by atoms with Gasteiger partial charge in [-0.05, 0) is 57.2 Å². The van der Waals surface area contributed by atoms with E-state index in [1.165, 1.54) is 102 Å². The van der Waals surface area contributed by atoms with Gasteiger partial charge in [-0.2, -0.15) is 0 Å². The SMILES string of the molecule is CCCCCCCC/C=C/CCCCCCCCCC(=O)O.CCOc1ccc(O)c(C(=O)O)c1. The second kappa shape index (κ2) is 23.3. The van der Waals surface area contributed by atoms with Gasteiger partial charge in [0.2, 0.25) is 0 Å². The van der Waals surface area contributed by atoms with E-state index >= 15 is 0 Å². The molecule has 35 heavy (non-hydrogen) atoms. The monoisotopic (exact) mass is 492 g/mol. The molecule has 0 aliphatic heterocycles. The van der Waals surface area contributed by atoms with Crippen molar-refractivity contribution in [3.05, 3.63) is 35.9 Å². The summed E-state index contributed by atoms with van der Waals surface area (Å²) >= 11 is 0. The number of carbonyl (C=O) groups is 2. The largest absolute Gasteiger partial charge is 0.507 e. The number of carboxylic acids is 2. The summed E-state index contributed by atoms with van der Waals surface area (Å²) in [6, 6.07) is 4.11. The van der Waals surface area contributed by atoms with Crippen molar-refractivity contribution in [3.8, 4) is 11.5 Å². The first-order valence-electron chi connectivity index (χ1n) is 13.5. The quantitative estimate of drug-likeness (QED) is 0.125. The van der Waals surface area contributed by atoms with Crippen molar-refractivity contribution in [1.82, 2.24) is 0 Å². The minimum Gasteiger partial charge on any atom is -0.507 e. The Morgan fingerprint density at radius 3 is 1.77 bits per heavy atom. The number of allylic oxidation sites excluding steroid dienone is 2. The molecule has 0 heterocycles. The van der Waals surface area contributed by atoms with Crippen LogP contribution in [0.25, 0.3) is 0 Å². The lowest BCUT2D eigenvalue weighted by Crippen LogP contribution is -1.98. The van der Waals surface area contributed by atoms with Crippen LogP contribution in [0.1, 0.15) is 127 Å². The average molecular weight is 493 g/mol. The average Bonchev–Trinajstić information content (AvgIpc) is 2.82. The lowest BCUT2D eigenvalue weighted by atomic mass is 10.1. The van der Waals surface area contributed by atoms with Crippen molar-refractivity contribution in [2.24, 2.45) is 0 Å². The van der Waals surface area contributed by atoms with E-state index in [9.17, 15) is 9.59 Å². The van der Waals surface area contributed by atoms with Gasteiger partial charge in [-0.25, -0.2) is 4.79 Å². The standard InChI is InChI=1S/C20H38O2.C9H10O4/c1-2-3-4-5-6-7-8-9-10-11-12-13-14-15-16-17-18-19-20(21)22;1-2-13-6-3-4-8(10)7(5-6)9(11)12/h9-10H,2-8,11-19H2,1H3,(H,21,22);3-5,10H,2H2,1H3,(H,11,12)/b10-9+;. The molecular formula is C29H48O6. The highest BCUT2D eigenvalue weighted by Gasteiger charge is 2.10. The van der Waals surface area contributed by atoms with Crippen LogP contribution in [0, 0.1) is 0 Å². The third kappa shape index (κ3) is 20.6. The molecule has 6 nitrogen and oxygen atoms in total. The van der Waals surface area contributed by atoms with E-state index in [0.717, 1.165) is 12.8 Å². The maximum absolute atomic E-state index is 10.6. The zero-order valence-electron chi connectivity index (χ0n) is 22.0. The summed E-state index contributed by atoms with van der Waals surface area (Å²) < 4.78 is 5.08. The summed E-state index contributed by atoms with van der Waals surface area (Å²) in [4.78, 5) is 20.9. The van der Waals surface area contributed by atoms with Crippen LogP contribution in [0.2, 0.25) is 0 Å². The van der Waals surface area contributed by atoms with Crippen LogP contribution >= 0.6 is 0 Å². The lowest BCUT2D eigenvalue weighted by molar-refractivity contribution is -0.137. The first-order chi connectivity index (χ1) is 16.9. The Bertz CT molecular complexity index is 698. The van der Waals surface area contributed by atoms with Gasteiger partial charge in [-0.1, -0.05) is 83.3 Å². The summed E-state index contributed by atoms with van der Waals surface area (Å²) in [6.07, 6.45) is 24.2. The normalized spacial score (nSPS) is 10.7. The van der Waals surface area contributed by atoms with E-state index in [0.29, 0.717) is 18.8 Å². The molecule has 0 aromatic heterocycles. The van der Waals surface area contributed by atoms with Gasteiger partial charge in [0.25, 0.3) is 0 Å². The molecular weight excluding hydrogens is 444 g/mol. The van der Waals surface area contributed by atoms with Gasteiger partial charge in [-0.3, -0.25) is 4.79 Å². The van der Waals surface area contributed by atoms with E-state index in [1.807, 2.05) is 0 Å². The molecule has 0 amide bonds. The molecule has 0 unspecified atom stereocenters. The summed E-state index contributed by atoms with van der Waals surface area (Å²) in [7, 11) is 0. The Labute approximate surface area is 212 Å². The van der Waals surface area contributed by atoms with Crippen molar-refractivity contribution in [1.29, 1.82) is 0 Å². The molecule has 0 fully saturated rings. The van der Waals surface area contributed by atoms with Gasteiger partial charge in [0.05, 0.1) is 6.61 Å². The van der Waals surface area contributed by atoms with Gasteiger partial charge < -0.3 is 20.1 Å². The van der Waals surface area contributed by atoms with Crippen LogP contribution in [0.15, 0.2) is 30.4 Å². The zero-order valence-corrected chi connectivity index (χ0v) is 22.0. The van der Waals surface area contributed by atoms with E-state index in [2.05, 4.69) is 19.1 Å². The highest BCUT2D eigenvalue weighted by molar-refractivity contribution is 5.91. The Kier molecular flexibility index (Phi) is 21.6. The van der Waals surface area contributed by atoms with Crippen LogP contribution in [0.4, 0.5) is 0 Å². The Morgan fingerprint density at radius 2 is 1.29 bits per heavy atom. The number of aromatic carboxylic acids is 1. The number of aromatic hydroxyl groups is 1. The fourth-order valence-electron chi connectivity index (χ4n) is 3.64. The molecule has 1 aromatic rings. The van der Waals surface area contributed by atoms with E-state index in [1.54, 1.807) is 6.92 Å². The lowest BCUT2D eigenvalue weighted by Gasteiger charge is -2.04. The minimum atomic E-state index is -1.17. The molecule has 1 aromatic carbocycles. The fourth-order valence-corrected chi connectivity index (χ4v) is 3.64. The van der Waals surface area contributed by atoms with Crippen LogP contribution in [-0.4, -0.2) is 33.9 Å². The Balaban J connectivity index is 0.000000750. The molecule has 6 heteroatoms. The van der Waals surface area contributed by atoms with Gasteiger partial charge >= 0.3 is 11.9 Å². The van der Waals surface area contributed by atoms with Crippen molar-refractivity contribution in [2.75, 3.05) is 6.61 Å². The van der Waals surface area contributed by atoms with Gasteiger partial charge in [0, 0.05) is 6.42 Å². The van der Waals surface area contributed by atoms with Crippen LogP contribution in [0.5, 0.6) is 11.5 Å². The number of hydrogen-bond donors (Lipinski definition) is 3. The third-order valence-electron chi connectivity index (χ3n) is 5.66. The topological polar surface area (TPSA) is 104 Å². The van der Waals surface area contributed by atoms with Crippen molar-refractivity contribution in [2.45, 2.75) is 117 Å². The highest BCUT2D eigenvalue weighted by Crippen LogP contribution is 2.22. The fraction of sp³-hybridized carbons (Fsp3) is 0.655. The number of rotatable bonds is 20.